The van der Waals surface area contributed by atoms with Crippen molar-refractivity contribution in [2.45, 2.75) is 25.8 Å². The molecule has 69 valence electrons. The van der Waals surface area contributed by atoms with Crippen molar-refractivity contribution in [1.29, 1.82) is 0 Å². The van der Waals surface area contributed by atoms with E-state index in [1.807, 2.05) is 12.1 Å². The van der Waals surface area contributed by atoms with Gasteiger partial charge in [0.1, 0.15) is 0 Å². The molecule has 1 aliphatic carbocycles. The van der Waals surface area contributed by atoms with E-state index < -0.39 is 0 Å². The Morgan fingerprint density at radius 3 is 2.77 bits per heavy atom. The maximum Gasteiger partial charge on any atom is 0.0291 e. The molecule has 1 nitrogen and oxygen atoms in total. The van der Waals surface area contributed by atoms with Crippen LogP contribution in [-0.2, 0) is 0 Å². The highest BCUT2D eigenvalue weighted by Crippen LogP contribution is 2.28. The van der Waals surface area contributed by atoms with Gasteiger partial charge in [-0.2, -0.15) is 0 Å². The standard InChI is InChI=1S/C12H16N/c1-10(13-9-11-7-8-11)12-5-3-2-4-6-12/h3-6,10-11,13H,7-9H2,1H3. The summed E-state index contributed by atoms with van der Waals surface area (Å²) in [5.41, 5.74) is 1.36. The van der Waals surface area contributed by atoms with Crippen molar-refractivity contribution in [3.63, 3.8) is 0 Å². The molecule has 0 spiro atoms. The Balaban J connectivity index is 1.85. The van der Waals surface area contributed by atoms with Crippen molar-refractivity contribution in [1.82, 2.24) is 5.32 Å². The van der Waals surface area contributed by atoms with Crippen molar-refractivity contribution in [3.05, 3.63) is 35.9 Å². The van der Waals surface area contributed by atoms with Gasteiger partial charge < -0.3 is 5.32 Å². The van der Waals surface area contributed by atoms with E-state index in [0.717, 1.165) is 5.92 Å². The first-order chi connectivity index (χ1) is 6.36. The fourth-order valence-corrected chi connectivity index (χ4v) is 1.47. The van der Waals surface area contributed by atoms with Gasteiger partial charge in [0.25, 0.3) is 0 Å². The number of nitrogens with one attached hydrogen (secondary N) is 1. The van der Waals surface area contributed by atoms with Gasteiger partial charge in [0.2, 0.25) is 0 Å². The summed E-state index contributed by atoms with van der Waals surface area (Å²) in [6.45, 7) is 3.40. The summed E-state index contributed by atoms with van der Waals surface area (Å²) in [7, 11) is 0. The Kier molecular flexibility index (Phi) is 2.65. The zero-order valence-electron chi connectivity index (χ0n) is 8.09. The lowest BCUT2D eigenvalue weighted by atomic mass is 10.1. The van der Waals surface area contributed by atoms with Crippen LogP contribution >= 0.6 is 0 Å². The molecule has 1 unspecified atom stereocenters. The van der Waals surface area contributed by atoms with Crippen LogP contribution in [0.4, 0.5) is 0 Å². The van der Waals surface area contributed by atoms with Gasteiger partial charge in [-0.05, 0) is 43.9 Å². The highest BCUT2D eigenvalue weighted by molar-refractivity contribution is 5.17. The van der Waals surface area contributed by atoms with E-state index in [1.54, 1.807) is 0 Å². The van der Waals surface area contributed by atoms with Crippen molar-refractivity contribution in [2.75, 3.05) is 6.54 Å². The third-order valence-corrected chi connectivity index (χ3v) is 2.65. The van der Waals surface area contributed by atoms with Crippen LogP contribution in [0.15, 0.2) is 24.3 Å². The lowest BCUT2D eigenvalue weighted by molar-refractivity contribution is 0.549. The Bertz CT molecular complexity index is 251. The number of rotatable bonds is 4. The lowest BCUT2D eigenvalue weighted by Crippen LogP contribution is -2.20. The molecule has 1 aromatic rings. The molecule has 1 saturated carbocycles. The molecule has 1 aliphatic rings. The second kappa shape index (κ2) is 3.93. The second-order valence-electron chi connectivity index (χ2n) is 3.91. The highest BCUT2D eigenvalue weighted by atomic mass is 14.9. The van der Waals surface area contributed by atoms with Gasteiger partial charge in [0, 0.05) is 6.04 Å². The predicted octanol–water partition coefficient (Wildman–Crippen LogP) is 2.55. The molecule has 0 heterocycles. The average Bonchev–Trinajstić information content (AvgIpc) is 2.99. The molecule has 2 rings (SSSR count). The number of hydrogen-bond acceptors (Lipinski definition) is 1. The molecular formula is C12H16N. The summed E-state index contributed by atoms with van der Waals surface area (Å²) in [4.78, 5) is 0. The van der Waals surface area contributed by atoms with Gasteiger partial charge in [-0.1, -0.05) is 24.3 Å². The van der Waals surface area contributed by atoms with Crippen molar-refractivity contribution >= 4 is 0 Å². The zero-order chi connectivity index (χ0) is 9.10. The van der Waals surface area contributed by atoms with E-state index in [0.29, 0.717) is 6.04 Å². The van der Waals surface area contributed by atoms with Crippen LogP contribution in [0, 0.1) is 12.0 Å². The van der Waals surface area contributed by atoms with E-state index in [9.17, 15) is 0 Å². The van der Waals surface area contributed by atoms with Crippen molar-refractivity contribution < 1.29 is 0 Å². The monoisotopic (exact) mass is 174 g/mol. The second-order valence-corrected chi connectivity index (χ2v) is 3.91. The summed E-state index contributed by atoms with van der Waals surface area (Å²) in [6, 6.07) is 11.7. The summed E-state index contributed by atoms with van der Waals surface area (Å²) in [5, 5.41) is 3.55. The van der Waals surface area contributed by atoms with E-state index >= 15 is 0 Å². The highest BCUT2D eigenvalue weighted by Gasteiger charge is 2.21. The number of hydrogen-bond donors (Lipinski definition) is 1. The third-order valence-electron chi connectivity index (χ3n) is 2.65. The van der Waals surface area contributed by atoms with E-state index in [1.165, 1.54) is 24.9 Å². The van der Waals surface area contributed by atoms with Gasteiger partial charge in [-0.15, -0.1) is 0 Å². The molecule has 13 heavy (non-hydrogen) atoms. The van der Waals surface area contributed by atoms with E-state index in [4.69, 9.17) is 0 Å². The zero-order valence-corrected chi connectivity index (χ0v) is 8.09. The molecule has 1 radical (unpaired) electrons. The Labute approximate surface area is 80.2 Å². The van der Waals surface area contributed by atoms with Crippen molar-refractivity contribution in [2.24, 2.45) is 5.92 Å². The van der Waals surface area contributed by atoms with Gasteiger partial charge in [0.05, 0.1) is 0 Å². The molecular weight excluding hydrogens is 158 g/mol. The Hall–Kier alpha value is -0.820. The molecule has 0 amide bonds. The third kappa shape index (κ3) is 2.56. The SMILES string of the molecule is CC(NCC1CC1)c1cc[c]cc1. The minimum atomic E-state index is 0.482. The summed E-state index contributed by atoms with van der Waals surface area (Å²) in [6.07, 6.45) is 2.84. The molecule has 0 bridgehead atoms. The average molecular weight is 174 g/mol. The fraction of sp³-hybridized carbons (Fsp3) is 0.500. The maximum atomic E-state index is 3.55. The topological polar surface area (TPSA) is 12.0 Å². The van der Waals surface area contributed by atoms with Crippen LogP contribution < -0.4 is 5.32 Å². The van der Waals surface area contributed by atoms with Gasteiger partial charge >= 0.3 is 0 Å². The van der Waals surface area contributed by atoms with Crippen LogP contribution in [-0.4, -0.2) is 6.54 Å². The maximum absolute atomic E-state index is 3.55. The minimum Gasteiger partial charge on any atom is -0.310 e. The molecule has 0 aliphatic heterocycles. The van der Waals surface area contributed by atoms with Crippen LogP contribution in [0.1, 0.15) is 31.4 Å². The molecule has 0 aromatic heterocycles. The van der Waals surface area contributed by atoms with Crippen LogP contribution in [0.2, 0.25) is 0 Å². The largest absolute Gasteiger partial charge is 0.310 e. The molecule has 1 atom stereocenters. The van der Waals surface area contributed by atoms with Crippen LogP contribution in [0.25, 0.3) is 0 Å². The first-order valence-corrected chi connectivity index (χ1v) is 5.05. The number of benzene rings is 1. The quantitative estimate of drug-likeness (QED) is 0.739. The predicted molar refractivity (Wildman–Crippen MR) is 54.4 cm³/mol. The molecule has 1 heteroatoms. The molecule has 1 fully saturated rings. The summed E-state index contributed by atoms with van der Waals surface area (Å²) < 4.78 is 0. The molecule has 1 aromatic carbocycles. The Morgan fingerprint density at radius 2 is 2.15 bits per heavy atom. The van der Waals surface area contributed by atoms with Crippen LogP contribution in [0.5, 0.6) is 0 Å². The van der Waals surface area contributed by atoms with E-state index in [2.05, 4.69) is 30.4 Å². The van der Waals surface area contributed by atoms with E-state index in [-0.39, 0.29) is 0 Å². The van der Waals surface area contributed by atoms with Crippen LogP contribution in [0.3, 0.4) is 0 Å². The van der Waals surface area contributed by atoms with Gasteiger partial charge in [0.15, 0.2) is 0 Å². The normalized spacial score (nSPS) is 18.5. The summed E-state index contributed by atoms with van der Waals surface area (Å²) >= 11 is 0. The first-order valence-electron chi connectivity index (χ1n) is 5.05. The molecule has 0 saturated heterocycles. The van der Waals surface area contributed by atoms with Crippen molar-refractivity contribution in [3.8, 4) is 0 Å². The van der Waals surface area contributed by atoms with Gasteiger partial charge in [-0.25, -0.2) is 0 Å². The minimum absolute atomic E-state index is 0.482. The lowest BCUT2D eigenvalue weighted by Gasteiger charge is -2.13. The first kappa shape index (κ1) is 8.76. The van der Waals surface area contributed by atoms with Gasteiger partial charge in [-0.3, -0.25) is 0 Å². The smallest absolute Gasteiger partial charge is 0.0291 e. The Morgan fingerprint density at radius 1 is 1.46 bits per heavy atom. The molecule has 1 N–H and O–H groups in total. The fourth-order valence-electron chi connectivity index (χ4n) is 1.47. The summed E-state index contributed by atoms with van der Waals surface area (Å²) in [5.74, 6) is 0.956.